The molecule has 0 bridgehead atoms. The highest BCUT2D eigenvalue weighted by Crippen LogP contribution is 2.27. The van der Waals surface area contributed by atoms with Crippen molar-refractivity contribution in [3.05, 3.63) is 39.3 Å². The number of nitrogens with zero attached hydrogens (tertiary/aromatic N) is 3. The van der Waals surface area contributed by atoms with E-state index in [-0.39, 0.29) is 6.03 Å². The number of carbonyl (C=O) groups is 1. The molecular weight excluding hydrogens is 308 g/mol. The van der Waals surface area contributed by atoms with Crippen LogP contribution < -0.4 is 5.32 Å². The quantitative estimate of drug-likeness (QED) is 0.943. The van der Waals surface area contributed by atoms with Gasteiger partial charge >= 0.3 is 6.03 Å². The van der Waals surface area contributed by atoms with Gasteiger partial charge in [0.2, 0.25) is 0 Å². The zero-order chi connectivity index (χ0) is 14.8. The zero-order valence-electron chi connectivity index (χ0n) is 11.8. The Bertz CT molecular complexity index is 638. The molecule has 1 aliphatic heterocycles. The molecule has 5 nitrogen and oxygen atoms in total. The zero-order valence-corrected chi connectivity index (χ0v) is 13.3. The molecule has 2 amide bonds. The fraction of sp³-hybridized carbons (Fsp3) is 0.429. The second-order valence-electron chi connectivity index (χ2n) is 5.24. The van der Waals surface area contributed by atoms with Crippen molar-refractivity contribution in [3.8, 4) is 0 Å². The predicted molar refractivity (Wildman–Crippen MR) is 83.7 cm³/mol. The van der Waals surface area contributed by atoms with Crippen LogP contribution in [0, 0.1) is 0 Å². The van der Waals surface area contributed by atoms with Gasteiger partial charge in [0.1, 0.15) is 0 Å². The van der Waals surface area contributed by atoms with Crippen molar-refractivity contribution in [2.45, 2.75) is 18.9 Å². The highest BCUT2D eigenvalue weighted by Gasteiger charge is 2.27. The summed E-state index contributed by atoms with van der Waals surface area (Å²) < 4.78 is 2.55. The number of aryl methyl sites for hydroxylation is 1. The first-order valence-corrected chi connectivity index (χ1v) is 8.07. The Labute approximate surface area is 132 Å². The number of rotatable bonds is 3. The van der Waals surface area contributed by atoms with E-state index in [4.69, 9.17) is 11.6 Å². The lowest BCUT2D eigenvalue weighted by Gasteiger charge is -2.16. The molecule has 0 spiro atoms. The maximum atomic E-state index is 12.2. The fourth-order valence-electron chi connectivity index (χ4n) is 2.59. The second kappa shape index (κ2) is 6.07. The van der Waals surface area contributed by atoms with Crippen molar-refractivity contribution >= 4 is 29.0 Å². The molecule has 2 aromatic rings. The van der Waals surface area contributed by atoms with Crippen LogP contribution in [0.3, 0.4) is 0 Å². The van der Waals surface area contributed by atoms with E-state index in [1.54, 1.807) is 4.68 Å². The van der Waals surface area contributed by atoms with Gasteiger partial charge in [-0.3, -0.25) is 4.68 Å². The molecule has 1 aliphatic rings. The monoisotopic (exact) mass is 324 g/mol. The largest absolute Gasteiger partial charge is 0.333 e. The molecule has 0 aromatic carbocycles. The van der Waals surface area contributed by atoms with Crippen molar-refractivity contribution in [2.75, 3.05) is 13.1 Å². The molecule has 112 valence electrons. The van der Waals surface area contributed by atoms with E-state index in [1.807, 2.05) is 36.5 Å². The first-order chi connectivity index (χ1) is 10.1. The molecule has 3 heterocycles. The van der Waals surface area contributed by atoms with Gasteiger partial charge in [-0.2, -0.15) is 5.10 Å². The van der Waals surface area contributed by atoms with Gasteiger partial charge in [-0.1, -0.05) is 11.6 Å². The Morgan fingerprint density at radius 3 is 3.10 bits per heavy atom. The molecule has 1 N–H and O–H groups in total. The average molecular weight is 325 g/mol. The summed E-state index contributed by atoms with van der Waals surface area (Å²) in [4.78, 5) is 15.1. The topological polar surface area (TPSA) is 50.2 Å². The summed E-state index contributed by atoms with van der Waals surface area (Å²) in [6.45, 7) is 2.07. The third kappa shape index (κ3) is 3.39. The molecular formula is C14H17ClN4OS. The van der Waals surface area contributed by atoms with Gasteiger partial charge in [0.15, 0.2) is 0 Å². The minimum Gasteiger partial charge on any atom is -0.333 e. The van der Waals surface area contributed by atoms with Gasteiger partial charge in [0.25, 0.3) is 0 Å². The lowest BCUT2D eigenvalue weighted by molar-refractivity contribution is 0.208. The number of likely N-dealkylation sites (tertiary alicyclic amines) is 1. The number of amides is 2. The Morgan fingerprint density at radius 1 is 1.57 bits per heavy atom. The van der Waals surface area contributed by atoms with Crippen LogP contribution in [-0.2, 0) is 13.6 Å². The number of urea groups is 1. The highest BCUT2D eigenvalue weighted by atomic mass is 35.5. The van der Waals surface area contributed by atoms with Crippen molar-refractivity contribution in [3.63, 3.8) is 0 Å². The number of hydrogen-bond acceptors (Lipinski definition) is 3. The molecule has 21 heavy (non-hydrogen) atoms. The van der Waals surface area contributed by atoms with Crippen LogP contribution in [-0.4, -0.2) is 33.8 Å². The van der Waals surface area contributed by atoms with Crippen LogP contribution >= 0.6 is 22.9 Å². The van der Waals surface area contributed by atoms with Crippen LogP contribution in [0.5, 0.6) is 0 Å². The van der Waals surface area contributed by atoms with E-state index in [2.05, 4.69) is 10.4 Å². The molecule has 0 radical (unpaired) electrons. The highest BCUT2D eigenvalue weighted by molar-refractivity contribution is 7.16. The van der Waals surface area contributed by atoms with E-state index in [0.717, 1.165) is 28.7 Å². The molecule has 1 atom stereocenters. The van der Waals surface area contributed by atoms with Gasteiger partial charge < -0.3 is 10.2 Å². The third-order valence-electron chi connectivity index (χ3n) is 3.71. The van der Waals surface area contributed by atoms with E-state index in [0.29, 0.717) is 12.5 Å². The number of nitrogens with one attached hydrogen (secondary N) is 1. The Hall–Kier alpha value is -1.53. The van der Waals surface area contributed by atoms with Crippen LogP contribution in [0.25, 0.3) is 0 Å². The smallest absolute Gasteiger partial charge is 0.317 e. The first-order valence-electron chi connectivity index (χ1n) is 6.87. The van der Waals surface area contributed by atoms with Crippen LogP contribution in [0.2, 0.25) is 4.34 Å². The summed E-state index contributed by atoms with van der Waals surface area (Å²) in [7, 11) is 1.91. The molecule has 3 rings (SSSR count). The summed E-state index contributed by atoms with van der Waals surface area (Å²) >= 11 is 7.37. The predicted octanol–water partition coefficient (Wildman–Crippen LogP) is 2.83. The van der Waals surface area contributed by atoms with Gasteiger partial charge in [-0.25, -0.2) is 4.79 Å². The van der Waals surface area contributed by atoms with Crippen LogP contribution in [0.15, 0.2) is 24.5 Å². The number of halogens is 1. The Balaban J connectivity index is 1.52. The SMILES string of the molecule is Cn1cc(C2CCN(C(=O)NCc3ccc(Cl)s3)C2)cn1. The van der Waals surface area contributed by atoms with Gasteiger partial charge in [0, 0.05) is 37.1 Å². The summed E-state index contributed by atoms with van der Waals surface area (Å²) in [6, 6.07) is 3.78. The van der Waals surface area contributed by atoms with Crippen molar-refractivity contribution < 1.29 is 4.79 Å². The van der Waals surface area contributed by atoms with Crippen molar-refractivity contribution in [1.29, 1.82) is 0 Å². The molecule has 0 saturated carbocycles. The van der Waals surface area contributed by atoms with E-state index in [1.165, 1.54) is 16.9 Å². The van der Waals surface area contributed by atoms with E-state index in [9.17, 15) is 4.79 Å². The van der Waals surface area contributed by atoms with E-state index >= 15 is 0 Å². The van der Waals surface area contributed by atoms with E-state index < -0.39 is 0 Å². The van der Waals surface area contributed by atoms with Crippen molar-refractivity contribution in [1.82, 2.24) is 20.0 Å². The summed E-state index contributed by atoms with van der Waals surface area (Å²) in [5, 5.41) is 7.15. The number of carbonyl (C=O) groups excluding carboxylic acids is 1. The van der Waals surface area contributed by atoms with Gasteiger partial charge in [-0.05, 0) is 24.1 Å². The summed E-state index contributed by atoms with van der Waals surface area (Å²) in [5.41, 5.74) is 1.21. The third-order valence-corrected chi connectivity index (χ3v) is 4.95. The molecule has 1 unspecified atom stereocenters. The Morgan fingerprint density at radius 2 is 2.43 bits per heavy atom. The molecule has 2 aromatic heterocycles. The standard InChI is InChI=1S/C14H17ClN4OS/c1-18-8-11(6-17-18)10-4-5-19(9-10)14(20)16-7-12-2-3-13(15)21-12/h2-3,6,8,10H,4-5,7,9H2,1H3,(H,16,20). The minimum atomic E-state index is -0.00841. The Kier molecular flexibility index (Phi) is 4.17. The van der Waals surface area contributed by atoms with Gasteiger partial charge in [-0.15, -0.1) is 11.3 Å². The minimum absolute atomic E-state index is 0.00841. The first kappa shape index (κ1) is 14.4. The summed E-state index contributed by atoms with van der Waals surface area (Å²) in [6.07, 6.45) is 4.91. The summed E-state index contributed by atoms with van der Waals surface area (Å²) in [5.74, 6) is 0.389. The number of aromatic nitrogens is 2. The normalized spacial score (nSPS) is 18.2. The molecule has 0 aliphatic carbocycles. The average Bonchev–Trinajstić information content (AvgIpc) is 3.16. The van der Waals surface area contributed by atoms with Crippen LogP contribution in [0.4, 0.5) is 4.79 Å². The molecule has 7 heteroatoms. The molecule has 1 fully saturated rings. The maximum absolute atomic E-state index is 12.2. The maximum Gasteiger partial charge on any atom is 0.317 e. The lowest BCUT2D eigenvalue weighted by Crippen LogP contribution is -2.37. The van der Waals surface area contributed by atoms with Crippen LogP contribution in [0.1, 0.15) is 22.8 Å². The van der Waals surface area contributed by atoms with Crippen molar-refractivity contribution in [2.24, 2.45) is 7.05 Å². The second-order valence-corrected chi connectivity index (χ2v) is 7.04. The molecule has 1 saturated heterocycles. The fourth-order valence-corrected chi connectivity index (χ4v) is 3.62. The lowest BCUT2D eigenvalue weighted by atomic mass is 10.0. The number of hydrogen-bond donors (Lipinski definition) is 1. The number of thiophene rings is 1. The van der Waals surface area contributed by atoms with Gasteiger partial charge in [0.05, 0.1) is 17.1 Å².